The van der Waals surface area contributed by atoms with Gasteiger partial charge in [0.15, 0.2) is 8.32 Å². The van der Waals surface area contributed by atoms with Gasteiger partial charge in [-0.15, -0.1) is 0 Å². The van der Waals surface area contributed by atoms with Gasteiger partial charge in [-0.05, 0) is 18.1 Å². The summed E-state index contributed by atoms with van der Waals surface area (Å²) in [5.41, 5.74) is 0. The van der Waals surface area contributed by atoms with E-state index in [-0.39, 0.29) is 24.0 Å². The van der Waals surface area contributed by atoms with Gasteiger partial charge in [-0.25, -0.2) is 0 Å². The zero-order chi connectivity index (χ0) is 13.0. The molecule has 4 nitrogen and oxygen atoms in total. The van der Waals surface area contributed by atoms with Crippen molar-refractivity contribution in [1.82, 2.24) is 0 Å². The molecule has 0 fully saturated rings. The van der Waals surface area contributed by atoms with Crippen molar-refractivity contribution in [3.8, 4) is 0 Å². The molecule has 0 spiro atoms. The van der Waals surface area contributed by atoms with Gasteiger partial charge in [0.1, 0.15) is 0 Å². The van der Waals surface area contributed by atoms with E-state index in [2.05, 4.69) is 38.6 Å². The molecule has 0 amide bonds. The summed E-state index contributed by atoms with van der Waals surface area (Å²) in [5.74, 6) is -0.349. The van der Waals surface area contributed by atoms with E-state index >= 15 is 0 Å². The van der Waals surface area contributed by atoms with Gasteiger partial charge >= 0.3 is 5.97 Å². The lowest BCUT2D eigenvalue weighted by atomic mass is 10.2. The predicted octanol–water partition coefficient (Wildman–Crippen LogP) is 1.93. The largest absolute Gasteiger partial charge is 0.469 e. The zero-order valence-electron chi connectivity index (χ0n) is 11.2. The van der Waals surface area contributed by atoms with Crippen LogP contribution >= 0.6 is 0 Å². The summed E-state index contributed by atoms with van der Waals surface area (Å²) in [7, 11) is -0.600. The first-order valence-corrected chi connectivity index (χ1v) is 8.40. The fourth-order valence-corrected chi connectivity index (χ4v) is 2.35. The maximum atomic E-state index is 11.1. The van der Waals surface area contributed by atoms with Crippen LogP contribution in [-0.2, 0) is 14.0 Å². The Morgan fingerprint density at radius 2 is 1.88 bits per heavy atom. The number of methoxy groups -OCH3 is 1. The smallest absolute Gasteiger partial charge is 0.308 e. The second-order valence-corrected chi connectivity index (χ2v) is 10.2. The molecule has 0 rings (SSSR count). The van der Waals surface area contributed by atoms with E-state index in [9.17, 15) is 9.90 Å². The summed E-state index contributed by atoms with van der Waals surface area (Å²) < 4.78 is 10.5. The van der Waals surface area contributed by atoms with Crippen molar-refractivity contribution in [2.75, 3.05) is 13.7 Å². The second-order valence-electron chi connectivity index (χ2n) is 5.46. The molecule has 1 N–H and O–H groups in total. The number of aliphatic hydroxyl groups is 1. The minimum Gasteiger partial charge on any atom is -0.469 e. The lowest BCUT2D eigenvalue weighted by Crippen LogP contribution is -2.45. The van der Waals surface area contributed by atoms with Gasteiger partial charge < -0.3 is 14.3 Å². The molecule has 96 valence electrons. The number of carbonyl (C=O) groups excluding carboxylic acids is 1. The number of hydrogen-bond acceptors (Lipinski definition) is 4. The molecule has 16 heavy (non-hydrogen) atoms. The van der Waals surface area contributed by atoms with Crippen molar-refractivity contribution in [2.24, 2.45) is 0 Å². The lowest BCUT2D eigenvalue weighted by molar-refractivity contribution is -0.143. The first-order chi connectivity index (χ1) is 7.14. The summed E-state index contributed by atoms with van der Waals surface area (Å²) in [4.78, 5) is 11.1. The topological polar surface area (TPSA) is 55.8 Å². The Labute approximate surface area is 99.1 Å². The Morgan fingerprint density at radius 3 is 2.19 bits per heavy atom. The lowest BCUT2D eigenvalue weighted by Gasteiger charge is -2.38. The number of aliphatic hydroxyl groups excluding tert-OH is 1. The molecule has 0 saturated carbocycles. The van der Waals surface area contributed by atoms with Gasteiger partial charge in [0.25, 0.3) is 0 Å². The first-order valence-electron chi connectivity index (χ1n) is 5.49. The average molecular weight is 248 g/mol. The van der Waals surface area contributed by atoms with E-state index in [0.717, 1.165) is 0 Å². The molecule has 0 radical (unpaired) electrons. The van der Waals surface area contributed by atoms with Crippen molar-refractivity contribution in [2.45, 2.75) is 51.4 Å². The van der Waals surface area contributed by atoms with Gasteiger partial charge in [-0.3, -0.25) is 4.79 Å². The molecule has 0 saturated heterocycles. The molecule has 5 heteroatoms. The second kappa shape index (κ2) is 5.79. The zero-order valence-corrected chi connectivity index (χ0v) is 12.2. The summed E-state index contributed by atoms with van der Waals surface area (Å²) in [6.45, 7) is 10.4. The highest BCUT2D eigenvalue weighted by Crippen LogP contribution is 2.37. The van der Waals surface area contributed by atoms with E-state index < -0.39 is 14.4 Å². The molecule has 0 aromatic heterocycles. The van der Waals surface area contributed by atoms with Gasteiger partial charge in [0.05, 0.1) is 26.2 Å². The third-order valence-corrected chi connectivity index (χ3v) is 7.63. The number of carbonyl (C=O) groups is 1. The van der Waals surface area contributed by atoms with Crippen molar-refractivity contribution in [3.63, 3.8) is 0 Å². The number of hydrogen-bond donors (Lipinski definition) is 1. The van der Waals surface area contributed by atoms with Crippen LogP contribution in [0.25, 0.3) is 0 Å². The number of rotatable bonds is 5. The molecule has 0 aliphatic rings. The minimum absolute atomic E-state index is 0.0660. The summed E-state index contributed by atoms with van der Waals surface area (Å²) in [5, 5.41) is 9.25. The minimum atomic E-state index is -1.94. The van der Waals surface area contributed by atoms with Crippen molar-refractivity contribution >= 4 is 14.3 Å². The summed E-state index contributed by atoms with van der Waals surface area (Å²) in [6, 6.07) is 0. The first kappa shape index (κ1) is 15.6. The maximum absolute atomic E-state index is 11.1. The van der Waals surface area contributed by atoms with E-state index in [1.165, 1.54) is 7.11 Å². The quantitative estimate of drug-likeness (QED) is 0.596. The molecular weight excluding hydrogens is 224 g/mol. The van der Waals surface area contributed by atoms with Crippen LogP contribution in [0.3, 0.4) is 0 Å². The summed E-state index contributed by atoms with van der Waals surface area (Å²) in [6.07, 6.45) is -0.340. The number of esters is 1. The van der Waals surface area contributed by atoms with E-state index in [1.54, 1.807) is 0 Å². The van der Waals surface area contributed by atoms with Gasteiger partial charge in [0, 0.05) is 0 Å². The molecule has 0 bridgehead atoms. The van der Waals surface area contributed by atoms with Crippen LogP contribution in [0.15, 0.2) is 0 Å². The maximum Gasteiger partial charge on any atom is 0.308 e. The Balaban J connectivity index is 4.48. The van der Waals surface area contributed by atoms with Crippen molar-refractivity contribution < 1.29 is 19.1 Å². The monoisotopic (exact) mass is 248 g/mol. The third-order valence-electron chi connectivity index (χ3n) is 3.09. The van der Waals surface area contributed by atoms with Gasteiger partial charge in [-0.2, -0.15) is 0 Å². The molecule has 1 atom stereocenters. The van der Waals surface area contributed by atoms with E-state index in [4.69, 9.17) is 4.43 Å². The van der Waals surface area contributed by atoms with Gasteiger partial charge in [0.2, 0.25) is 0 Å². The molecule has 0 aromatic rings. The molecular formula is C11H24O4Si. The Hall–Kier alpha value is -0.393. The van der Waals surface area contributed by atoms with Crippen LogP contribution in [0.4, 0.5) is 0 Å². The Bertz CT molecular complexity index is 233. The fraction of sp³-hybridized carbons (Fsp3) is 0.909. The molecule has 0 aliphatic heterocycles. The average Bonchev–Trinajstić information content (AvgIpc) is 2.14. The highest BCUT2D eigenvalue weighted by molar-refractivity contribution is 6.74. The van der Waals surface area contributed by atoms with Crippen LogP contribution < -0.4 is 0 Å². The summed E-state index contributed by atoms with van der Waals surface area (Å²) >= 11 is 0. The Morgan fingerprint density at radius 1 is 1.38 bits per heavy atom. The van der Waals surface area contributed by atoms with E-state index in [1.807, 2.05) is 0 Å². The van der Waals surface area contributed by atoms with Crippen LogP contribution in [0.2, 0.25) is 18.1 Å². The van der Waals surface area contributed by atoms with Crippen LogP contribution in [-0.4, -0.2) is 39.2 Å². The van der Waals surface area contributed by atoms with Crippen LogP contribution in [0, 0.1) is 0 Å². The highest BCUT2D eigenvalue weighted by Gasteiger charge is 2.39. The Kier molecular flexibility index (Phi) is 5.65. The SMILES string of the molecule is COC(=O)C[C@H](CO)O[Si](C)(C)C(C)(C)C. The molecule has 0 aromatic carbocycles. The molecule has 0 aliphatic carbocycles. The fourth-order valence-electron chi connectivity index (χ4n) is 1.01. The highest BCUT2D eigenvalue weighted by atomic mass is 28.4. The van der Waals surface area contributed by atoms with Crippen LogP contribution in [0.1, 0.15) is 27.2 Å². The van der Waals surface area contributed by atoms with Crippen molar-refractivity contribution in [1.29, 1.82) is 0 Å². The van der Waals surface area contributed by atoms with Gasteiger partial charge in [-0.1, -0.05) is 20.8 Å². The predicted molar refractivity (Wildman–Crippen MR) is 65.8 cm³/mol. The van der Waals surface area contributed by atoms with E-state index in [0.29, 0.717) is 0 Å². The normalized spacial score (nSPS) is 14.7. The van der Waals surface area contributed by atoms with Crippen molar-refractivity contribution in [3.05, 3.63) is 0 Å². The van der Waals surface area contributed by atoms with Crippen LogP contribution in [0.5, 0.6) is 0 Å². The standard InChI is InChI=1S/C11H24O4Si/c1-11(2,3)16(5,6)15-9(8-12)7-10(13)14-4/h9,12H,7-8H2,1-6H3/t9-/m1/s1. The third kappa shape index (κ3) is 4.63. The molecule has 0 heterocycles. The molecule has 0 unspecified atom stereocenters. The number of ether oxygens (including phenoxy) is 1.